The summed E-state index contributed by atoms with van der Waals surface area (Å²) < 4.78 is 19.5. The van der Waals surface area contributed by atoms with Crippen molar-refractivity contribution < 1.29 is 9.13 Å². The highest BCUT2D eigenvalue weighted by atomic mass is 19.1. The number of hydrogen-bond acceptors (Lipinski definition) is 4. The number of rotatable bonds is 5. The van der Waals surface area contributed by atoms with E-state index in [9.17, 15) is 4.39 Å². The minimum Gasteiger partial charge on any atom is -0.481 e. The average molecular weight is 347 g/mol. The Bertz CT molecular complexity index is 1040. The molecule has 0 aliphatic heterocycles. The van der Waals surface area contributed by atoms with Gasteiger partial charge in [-0.05, 0) is 29.3 Å². The van der Waals surface area contributed by atoms with Gasteiger partial charge in [-0.2, -0.15) is 4.39 Å². The second-order valence-corrected chi connectivity index (χ2v) is 5.85. The molecule has 1 N–H and O–H groups in total. The van der Waals surface area contributed by atoms with Crippen LogP contribution in [0.1, 0.15) is 22.4 Å². The van der Waals surface area contributed by atoms with Crippen LogP contribution < -0.4 is 4.74 Å². The Morgan fingerprint density at radius 1 is 1.12 bits per heavy atom. The first kappa shape index (κ1) is 16.2. The van der Waals surface area contributed by atoms with Crippen molar-refractivity contribution in [2.45, 2.75) is 6.42 Å². The lowest BCUT2D eigenvalue weighted by atomic mass is 10.1. The molecule has 0 aromatic carbocycles. The fourth-order valence-electron chi connectivity index (χ4n) is 2.82. The van der Waals surface area contributed by atoms with Gasteiger partial charge in [-0.3, -0.25) is 0 Å². The van der Waals surface area contributed by atoms with Gasteiger partial charge in [0, 0.05) is 48.4 Å². The van der Waals surface area contributed by atoms with Gasteiger partial charge in [0.1, 0.15) is 5.65 Å². The van der Waals surface area contributed by atoms with E-state index in [0.29, 0.717) is 23.6 Å². The summed E-state index contributed by atoms with van der Waals surface area (Å²) in [4.78, 5) is 15.6. The van der Waals surface area contributed by atoms with E-state index in [-0.39, 0.29) is 0 Å². The minimum absolute atomic E-state index is 0.453. The van der Waals surface area contributed by atoms with Crippen molar-refractivity contribution in [1.29, 1.82) is 0 Å². The van der Waals surface area contributed by atoms with Crippen LogP contribution in [0.25, 0.3) is 11.0 Å². The van der Waals surface area contributed by atoms with Crippen LogP contribution in [-0.2, 0) is 6.42 Å². The highest BCUT2D eigenvalue weighted by Crippen LogP contribution is 2.21. The number of nitrogens with zero attached hydrogens (tertiary/aromatic N) is 3. The van der Waals surface area contributed by atoms with Crippen LogP contribution in [0.3, 0.4) is 0 Å². The van der Waals surface area contributed by atoms with Gasteiger partial charge in [-0.25, -0.2) is 15.0 Å². The Morgan fingerprint density at radius 3 is 2.81 bits per heavy atom. The molecule has 0 unspecified atom stereocenters. The molecular formula is C20H16FN4O. The van der Waals surface area contributed by atoms with Crippen molar-refractivity contribution in [1.82, 2.24) is 19.9 Å². The minimum atomic E-state index is -0.474. The first-order chi connectivity index (χ1) is 12.7. The number of H-pyrrole nitrogens is 1. The lowest BCUT2D eigenvalue weighted by Crippen LogP contribution is -1.99. The molecule has 0 atom stereocenters. The topological polar surface area (TPSA) is 63.7 Å². The summed E-state index contributed by atoms with van der Waals surface area (Å²) in [7, 11) is 1.56. The standard InChI is InChI=1S/C20H16FN4O/c1-26-18-7-4-13(11-23-18)9-16-6-5-14(19(21)25-16)10-15-12-24-20-17(15)3-2-8-22-20/h2-9,11-12H,10H2,1H3,(H,22,24). The second-order valence-electron chi connectivity index (χ2n) is 5.85. The average Bonchev–Trinajstić information content (AvgIpc) is 3.08. The van der Waals surface area contributed by atoms with Crippen LogP contribution in [0.5, 0.6) is 5.88 Å². The molecule has 1 radical (unpaired) electrons. The van der Waals surface area contributed by atoms with Crippen LogP contribution in [0.2, 0.25) is 0 Å². The number of aromatic nitrogens is 4. The van der Waals surface area contributed by atoms with E-state index in [4.69, 9.17) is 4.74 Å². The number of hydrogen-bond donors (Lipinski definition) is 1. The molecule has 0 saturated carbocycles. The molecule has 4 heterocycles. The molecule has 6 heteroatoms. The Hall–Kier alpha value is -3.28. The lowest BCUT2D eigenvalue weighted by Gasteiger charge is -2.06. The summed E-state index contributed by atoms with van der Waals surface area (Å²) in [6.45, 7) is 0. The SMILES string of the molecule is COc1ccc([CH]c2ccc(Cc3c[nH]c4ncccc34)c(F)n2)cn1. The maximum atomic E-state index is 14.5. The van der Waals surface area contributed by atoms with Crippen molar-refractivity contribution in [3.63, 3.8) is 0 Å². The van der Waals surface area contributed by atoms with Crippen LogP contribution in [0.15, 0.2) is 55.0 Å². The largest absolute Gasteiger partial charge is 0.481 e. The molecule has 4 aromatic rings. The zero-order chi connectivity index (χ0) is 17.9. The van der Waals surface area contributed by atoms with Crippen molar-refractivity contribution in [2.24, 2.45) is 0 Å². The number of ether oxygens (including phenoxy) is 1. The monoisotopic (exact) mass is 347 g/mol. The normalized spacial score (nSPS) is 11.0. The molecular weight excluding hydrogens is 331 g/mol. The summed E-state index contributed by atoms with van der Waals surface area (Å²) in [6.07, 6.45) is 7.47. The number of aromatic amines is 1. The third-order valence-corrected chi connectivity index (χ3v) is 4.15. The molecule has 0 bridgehead atoms. The molecule has 0 fully saturated rings. The Morgan fingerprint density at radius 2 is 2.04 bits per heavy atom. The lowest BCUT2D eigenvalue weighted by molar-refractivity contribution is 0.398. The summed E-state index contributed by atoms with van der Waals surface area (Å²) in [5.74, 6) is 0.0586. The molecule has 26 heavy (non-hydrogen) atoms. The van der Waals surface area contributed by atoms with Crippen molar-refractivity contribution in [3.05, 3.63) is 89.7 Å². The van der Waals surface area contributed by atoms with Gasteiger partial charge >= 0.3 is 0 Å². The van der Waals surface area contributed by atoms with Gasteiger partial charge < -0.3 is 9.72 Å². The third-order valence-electron chi connectivity index (χ3n) is 4.15. The molecule has 0 spiro atoms. The number of pyridine rings is 3. The van der Waals surface area contributed by atoms with E-state index in [2.05, 4.69) is 19.9 Å². The second kappa shape index (κ2) is 6.92. The highest BCUT2D eigenvalue weighted by Gasteiger charge is 2.11. The summed E-state index contributed by atoms with van der Waals surface area (Å²) >= 11 is 0. The van der Waals surface area contributed by atoms with E-state index in [1.165, 1.54) is 0 Å². The number of methoxy groups -OCH3 is 1. The fourth-order valence-corrected chi connectivity index (χ4v) is 2.82. The van der Waals surface area contributed by atoms with Crippen LogP contribution >= 0.6 is 0 Å². The van der Waals surface area contributed by atoms with E-state index >= 15 is 0 Å². The van der Waals surface area contributed by atoms with E-state index in [1.54, 1.807) is 44.1 Å². The van der Waals surface area contributed by atoms with Gasteiger partial charge in [0.15, 0.2) is 0 Å². The molecule has 0 amide bonds. The quantitative estimate of drug-likeness (QED) is 0.559. The summed E-state index contributed by atoms with van der Waals surface area (Å²) in [5.41, 5.74) is 3.70. The number of halogens is 1. The molecule has 129 valence electrons. The smallest absolute Gasteiger partial charge is 0.216 e. The Kier molecular flexibility index (Phi) is 4.31. The Balaban J connectivity index is 1.53. The first-order valence-electron chi connectivity index (χ1n) is 8.14. The van der Waals surface area contributed by atoms with E-state index in [1.807, 2.05) is 24.4 Å². The van der Waals surface area contributed by atoms with Gasteiger partial charge in [0.05, 0.1) is 12.8 Å². The van der Waals surface area contributed by atoms with Crippen molar-refractivity contribution >= 4 is 11.0 Å². The van der Waals surface area contributed by atoms with Gasteiger partial charge in [0.2, 0.25) is 11.8 Å². The third kappa shape index (κ3) is 3.26. The molecule has 5 nitrogen and oxygen atoms in total. The zero-order valence-corrected chi connectivity index (χ0v) is 14.1. The van der Waals surface area contributed by atoms with Gasteiger partial charge in [-0.15, -0.1) is 0 Å². The van der Waals surface area contributed by atoms with Crippen LogP contribution in [-0.4, -0.2) is 27.0 Å². The van der Waals surface area contributed by atoms with Crippen LogP contribution in [0, 0.1) is 12.4 Å². The van der Waals surface area contributed by atoms with Crippen molar-refractivity contribution in [3.8, 4) is 5.88 Å². The summed E-state index contributed by atoms with van der Waals surface area (Å²) in [5, 5.41) is 0.992. The van der Waals surface area contributed by atoms with Crippen molar-refractivity contribution in [2.75, 3.05) is 7.11 Å². The molecule has 4 aromatic heterocycles. The maximum Gasteiger partial charge on any atom is 0.216 e. The first-order valence-corrected chi connectivity index (χ1v) is 8.14. The predicted molar refractivity (Wildman–Crippen MR) is 96.4 cm³/mol. The predicted octanol–water partition coefficient (Wildman–Crippen LogP) is 3.69. The van der Waals surface area contributed by atoms with Gasteiger partial charge in [-0.1, -0.05) is 12.1 Å². The molecule has 0 aliphatic carbocycles. The molecule has 4 rings (SSSR count). The fraction of sp³-hybridized carbons (Fsp3) is 0.100. The zero-order valence-electron chi connectivity index (χ0n) is 14.1. The number of nitrogens with one attached hydrogen (secondary N) is 1. The van der Waals surface area contributed by atoms with Gasteiger partial charge in [0.25, 0.3) is 0 Å². The number of fused-ring (bicyclic) bond motifs is 1. The molecule has 0 saturated heterocycles. The molecule has 0 aliphatic rings. The highest BCUT2D eigenvalue weighted by molar-refractivity contribution is 5.79. The van der Waals surface area contributed by atoms with E-state index in [0.717, 1.165) is 22.2 Å². The Labute approximate surface area is 149 Å². The summed E-state index contributed by atoms with van der Waals surface area (Å²) in [6, 6.07) is 11.0. The van der Waals surface area contributed by atoms with E-state index < -0.39 is 5.95 Å². The van der Waals surface area contributed by atoms with Crippen LogP contribution in [0.4, 0.5) is 4.39 Å². The maximum absolute atomic E-state index is 14.5.